The van der Waals surface area contributed by atoms with Gasteiger partial charge in [0.05, 0.1) is 0 Å². The number of aromatic amines is 1. The maximum absolute atomic E-state index is 13.0. The molecule has 484 valence electrons. The molecule has 10 N–H and O–H groups in total. The Labute approximate surface area is 539 Å². The normalized spacial score (nSPS) is 21.1. The number of hydrogen-bond acceptors (Lipinski definition) is 18. The summed E-state index contributed by atoms with van der Waals surface area (Å²) >= 11 is 11.3. The topological polar surface area (TPSA) is 374 Å². The second-order valence-electron chi connectivity index (χ2n) is 24.1. The predicted octanol–water partition coefficient (Wildman–Crippen LogP) is 8.04. The van der Waals surface area contributed by atoms with E-state index in [1.807, 2.05) is 20.8 Å². The Morgan fingerprint density at radius 1 is 0.500 bits per heavy atom. The van der Waals surface area contributed by atoms with Gasteiger partial charge in [-0.3, -0.25) is 56.9 Å². The number of amides is 4. The van der Waals surface area contributed by atoms with Crippen molar-refractivity contribution >= 4 is 81.4 Å². The first-order chi connectivity index (χ1) is 44.0. The van der Waals surface area contributed by atoms with E-state index < -0.39 is 28.5 Å². The molecule has 3 unspecified atom stereocenters. The van der Waals surface area contributed by atoms with Gasteiger partial charge in [-0.05, 0) is 146 Å². The van der Waals surface area contributed by atoms with Gasteiger partial charge < -0.3 is 43.0 Å². The fourth-order valence-electron chi connectivity index (χ4n) is 13.3. The molecule has 0 saturated heterocycles. The number of carbonyl (C=O) groups is 5. The number of anilines is 5. The van der Waals surface area contributed by atoms with Crippen molar-refractivity contribution in [2.45, 2.75) is 147 Å². The maximum Gasteiger partial charge on any atom is 0.276 e. The molecule has 4 fully saturated rings. The van der Waals surface area contributed by atoms with Crippen LogP contribution in [0.4, 0.5) is 28.8 Å². The van der Waals surface area contributed by atoms with Gasteiger partial charge in [0.1, 0.15) is 103 Å². The number of carbonyl (C=O) groups excluding carboxylic acids is 5. The Bertz CT molecular complexity index is 3930. The monoisotopic (exact) mass is 1300 g/mol. The second-order valence-corrected chi connectivity index (χ2v) is 24.9. The first-order valence-electron chi connectivity index (χ1n) is 30.7. The molecule has 7 aliphatic rings. The first-order valence-corrected chi connectivity index (χ1v) is 31.5. The highest BCUT2D eigenvalue weighted by Gasteiger charge is 2.49. The zero-order chi connectivity index (χ0) is 65.9. The summed E-state index contributed by atoms with van der Waals surface area (Å²) in [5.74, 6) is 2.03. The van der Waals surface area contributed by atoms with Crippen LogP contribution in [0.2, 0.25) is 10.0 Å². The zero-order valence-corrected chi connectivity index (χ0v) is 53.1. The molecule has 3 atom stereocenters. The minimum Gasteiger partial charge on any atom is -0.384 e. The van der Waals surface area contributed by atoms with Gasteiger partial charge in [-0.25, -0.2) is 29.9 Å². The number of halogens is 2. The SMILES string of the molecule is CC(=O)C1CCCC1.CC1(C2CCCC2)NC(=O)c2ccc(Cl)c(=O)n21.CC1(C2CCCC2)NC(=O)c2ccc(Nc3ccncn3)c(=O)n21.CC1(C2CCCC2)NC(=O)c2ccc(Nc3ccncn3)c(=O)n21.NC(=O)c1ccc(Cl)c(=O)[nH]1.Nc1ccncn1. The van der Waals surface area contributed by atoms with Gasteiger partial charge >= 0.3 is 0 Å². The summed E-state index contributed by atoms with van der Waals surface area (Å²) in [5.41, 5.74) is 9.05. The van der Waals surface area contributed by atoms with E-state index in [-0.39, 0.29) is 62.0 Å². The summed E-state index contributed by atoms with van der Waals surface area (Å²) in [5, 5.41) is 15.3. The lowest BCUT2D eigenvalue weighted by Crippen LogP contribution is -2.50. The number of fused-ring (bicyclic) bond motifs is 3. The van der Waals surface area contributed by atoms with Crippen LogP contribution >= 0.6 is 23.2 Å². The van der Waals surface area contributed by atoms with Gasteiger partial charge in [0.15, 0.2) is 0 Å². The number of nitrogens with two attached hydrogens (primary N) is 2. The minimum atomic E-state index is -0.682. The molecule has 0 bridgehead atoms. The summed E-state index contributed by atoms with van der Waals surface area (Å²) in [4.78, 5) is 132. The predicted molar refractivity (Wildman–Crippen MR) is 347 cm³/mol. The average Bonchev–Trinajstić information content (AvgIpc) is 1.60. The number of pyridine rings is 4. The van der Waals surface area contributed by atoms with Crippen LogP contribution in [0.15, 0.2) is 123 Å². The van der Waals surface area contributed by atoms with Crippen molar-refractivity contribution in [3.05, 3.63) is 179 Å². The number of rotatable bonds is 9. The number of primary amides is 1. The van der Waals surface area contributed by atoms with E-state index >= 15 is 0 Å². The molecule has 7 aromatic heterocycles. The Kier molecular flexibility index (Phi) is 21.3. The van der Waals surface area contributed by atoms with Gasteiger partial charge in [-0.2, -0.15) is 0 Å². The summed E-state index contributed by atoms with van der Waals surface area (Å²) in [7, 11) is 0. The van der Waals surface area contributed by atoms with Crippen molar-refractivity contribution in [1.82, 2.24) is 64.5 Å². The van der Waals surface area contributed by atoms with Crippen LogP contribution in [0.5, 0.6) is 0 Å². The standard InChI is InChI=1S/2C17H19N5O2.C13H15ClN2O2.C7H12O.C6H5ClN2O2.C4H5N3/c2*1-17(11-4-2-3-5-11)21-15(23)13-7-6-12(16(24)22(13)17)20-14-8-9-18-10-19-14;1-13(8-4-2-3-5-8)15-11(17)10-7-6-9(14)12(18)16(10)13;1-6(8)7-4-2-3-5-7;7-3-1-2-4(5(8)10)9-6(3)11;5-4-1-2-6-3-7-4/h2*6-11H,2-5H2,1H3,(H,21,23)(H,18,19,20);6-8H,2-5H2,1H3,(H,15,17);7H,2-5H2,1H3;1-2H,(H2,8,10)(H,9,11);1-3H,(H2,5,6,7). The van der Waals surface area contributed by atoms with Crippen LogP contribution in [-0.2, 0) is 21.8 Å². The molecule has 0 aromatic carbocycles. The third-order valence-corrected chi connectivity index (χ3v) is 18.8. The number of hydrogen-bond donors (Lipinski definition) is 8. The first kappa shape index (κ1) is 67.0. The van der Waals surface area contributed by atoms with Crippen LogP contribution in [0, 0.1) is 23.7 Å². The molecule has 4 saturated carbocycles. The number of nitrogens with zero attached hydrogens (tertiary/aromatic N) is 9. The fourth-order valence-corrected chi connectivity index (χ4v) is 13.6. The van der Waals surface area contributed by atoms with Crippen LogP contribution in [0.25, 0.3) is 0 Å². The van der Waals surface area contributed by atoms with Crippen LogP contribution in [0.3, 0.4) is 0 Å². The van der Waals surface area contributed by atoms with Crippen molar-refractivity contribution in [3.8, 4) is 0 Å². The highest BCUT2D eigenvalue weighted by Crippen LogP contribution is 2.42. The molecule has 0 spiro atoms. The van der Waals surface area contributed by atoms with Crippen molar-refractivity contribution in [2.75, 3.05) is 16.4 Å². The van der Waals surface area contributed by atoms with E-state index in [4.69, 9.17) is 34.7 Å². The molecule has 28 heteroatoms. The Morgan fingerprint density at radius 2 is 0.870 bits per heavy atom. The van der Waals surface area contributed by atoms with Gasteiger partial charge in [0, 0.05) is 42.3 Å². The third-order valence-electron chi connectivity index (χ3n) is 18.2. The molecular formula is C64H75Cl2N17O9. The Balaban J connectivity index is 0.000000138. The zero-order valence-electron chi connectivity index (χ0n) is 51.5. The number of Topliss-reactive ketones (excluding diaryl/α,β-unsaturated/α-hetero) is 1. The van der Waals surface area contributed by atoms with E-state index in [1.165, 1.54) is 50.0 Å². The molecule has 3 aliphatic heterocycles. The molecular weight excluding hydrogens is 1220 g/mol. The summed E-state index contributed by atoms with van der Waals surface area (Å²) in [6.45, 7) is 7.53. The summed E-state index contributed by atoms with van der Waals surface area (Å²) in [6, 6.07) is 17.5. The third kappa shape index (κ3) is 14.8. The van der Waals surface area contributed by atoms with Gasteiger partial charge in [-0.15, -0.1) is 0 Å². The molecule has 0 radical (unpaired) electrons. The number of nitrogen functional groups attached to an aromatic ring is 1. The molecule has 14 rings (SSSR count). The molecule has 10 heterocycles. The van der Waals surface area contributed by atoms with Crippen molar-refractivity contribution in [1.29, 1.82) is 0 Å². The van der Waals surface area contributed by atoms with E-state index in [0.29, 0.717) is 63.5 Å². The largest absolute Gasteiger partial charge is 0.384 e. The quantitative estimate of drug-likeness (QED) is 0.0677. The van der Waals surface area contributed by atoms with Gasteiger partial charge in [0.25, 0.3) is 45.9 Å². The van der Waals surface area contributed by atoms with E-state index in [0.717, 1.165) is 89.9 Å². The highest BCUT2D eigenvalue weighted by atomic mass is 35.5. The van der Waals surface area contributed by atoms with Gasteiger partial charge in [-0.1, -0.05) is 74.6 Å². The second kappa shape index (κ2) is 29.2. The fraction of sp³-hybridized carbons (Fsp3) is 0.422. The minimum absolute atomic E-state index is 0.0370. The van der Waals surface area contributed by atoms with E-state index in [2.05, 4.69) is 61.5 Å². The molecule has 7 aromatic rings. The number of nitrogens with one attached hydrogen (secondary N) is 6. The average molecular weight is 1300 g/mol. The van der Waals surface area contributed by atoms with Crippen molar-refractivity contribution in [2.24, 2.45) is 29.4 Å². The number of H-pyrrole nitrogens is 1. The maximum atomic E-state index is 13.0. The smallest absolute Gasteiger partial charge is 0.276 e. The lowest BCUT2D eigenvalue weighted by atomic mass is 9.92. The van der Waals surface area contributed by atoms with Crippen molar-refractivity contribution in [3.63, 3.8) is 0 Å². The molecule has 92 heavy (non-hydrogen) atoms. The lowest BCUT2D eigenvalue weighted by molar-refractivity contribution is -0.120. The summed E-state index contributed by atoms with van der Waals surface area (Å²) < 4.78 is 4.79. The van der Waals surface area contributed by atoms with Crippen molar-refractivity contribution < 1.29 is 24.0 Å². The lowest BCUT2D eigenvalue weighted by Gasteiger charge is -2.33. The number of ketones is 1. The van der Waals surface area contributed by atoms with E-state index in [9.17, 15) is 43.2 Å². The highest BCUT2D eigenvalue weighted by molar-refractivity contribution is 6.30. The molecule has 4 amide bonds. The Morgan fingerprint density at radius 3 is 1.20 bits per heavy atom. The van der Waals surface area contributed by atoms with Crippen LogP contribution in [0.1, 0.15) is 172 Å². The summed E-state index contributed by atoms with van der Waals surface area (Å²) in [6.07, 6.45) is 26.9. The number of aromatic nitrogens is 10. The van der Waals surface area contributed by atoms with Crippen LogP contribution < -0.4 is 60.3 Å². The molecule has 4 aliphatic carbocycles. The molecule has 26 nitrogen and oxygen atoms in total. The van der Waals surface area contributed by atoms with Crippen LogP contribution in [-0.4, -0.2) is 78.0 Å². The van der Waals surface area contributed by atoms with E-state index in [1.54, 1.807) is 87.7 Å². The Hall–Kier alpha value is -9.43. The van der Waals surface area contributed by atoms with Gasteiger partial charge in [0.2, 0.25) is 0 Å².